The number of unbranched alkanes of at least 4 members (excludes halogenated alkanes) is 2. The molecule has 0 aliphatic heterocycles. The Morgan fingerprint density at radius 1 is 1.43 bits per heavy atom. The van der Waals surface area contributed by atoms with Crippen LogP contribution in [-0.4, -0.2) is 5.78 Å². The van der Waals surface area contributed by atoms with Crippen LogP contribution in [0.1, 0.15) is 43.0 Å². The molecule has 0 atom stereocenters. The summed E-state index contributed by atoms with van der Waals surface area (Å²) in [6.45, 7) is 2.14. The number of Topliss-reactive ketones (excluding diaryl/α,β-unsaturated/α-hetero) is 1. The van der Waals surface area contributed by atoms with E-state index in [1.807, 2.05) is 6.07 Å². The molecule has 14 heavy (non-hydrogen) atoms. The lowest BCUT2D eigenvalue weighted by atomic mass is 10.1. The van der Waals surface area contributed by atoms with Gasteiger partial charge in [0, 0.05) is 12.0 Å². The lowest BCUT2D eigenvalue weighted by Crippen LogP contribution is -1.97. The van der Waals surface area contributed by atoms with Gasteiger partial charge in [-0.3, -0.25) is 4.79 Å². The molecule has 1 heterocycles. The van der Waals surface area contributed by atoms with E-state index in [-0.39, 0.29) is 5.78 Å². The molecule has 1 aromatic heterocycles. The van der Waals surface area contributed by atoms with E-state index >= 15 is 0 Å². The van der Waals surface area contributed by atoms with Gasteiger partial charge in [-0.15, -0.1) is 11.3 Å². The van der Waals surface area contributed by atoms with Crippen molar-refractivity contribution in [2.45, 2.75) is 32.6 Å². The molecule has 0 saturated heterocycles. The van der Waals surface area contributed by atoms with Crippen LogP contribution >= 0.6 is 43.2 Å². The summed E-state index contributed by atoms with van der Waals surface area (Å²) in [6, 6.07) is 1.89. The van der Waals surface area contributed by atoms with E-state index in [0.717, 1.165) is 32.4 Å². The number of thiophene rings is 1. The van der Waals surface area contributed by atoms with Crippen molar-refractivity contribution in [2.75, 3.05) is 0 Å². The summed E-state index contributed by atoms with van der Waals surface area (Å²) in [7, 11) is 0. The van der Waals surface area contributed by atoms with Gasteiger partial charge in [-0.2, -0.15) is 0 Å². The van der Waals surface area contributed by atoms with Crippen LogP contribution in [0.2, 0.25) is 0 Å². The molecule has 4 heteroatoms. The van der Waals surface area contributed by atoms with Crippen LogP contribution in [0.5, 0.6) is 0 Å². The molecule has 0 unspecified atom stereocenters. The van der Waals surface area contributed by atoms with Gasteiger partial charge in [0.05, 0.1) is 7.57 Å². The minimum atomic E-state index is 0.243. The predicted octanol–water partition coefficient (Wildman–Crippen LogP) is 5.04. The Balaban J connectivity index is 2.56. The van der Waals surface area contributed by atoms with Gasteiger partial charge in [-0.25, -0.2) is 0 Å². The molecule has 0 amide bonds. The van der Waals surface area contributed by atoms with Crippen molar-refractivity contribution in [3.8, 4) is 0 Å². The Morgan fingerprint density at radius 3 is 2.64 bits per heavy atom. The average Bonchev–Trinajstić information content (AvgIpc) is 2.45. The molecule has 1 rings (SSSR count). The zero-order valence-electron chi connectivity index (χ0n) is 7.98. The highest BCUT2D eigenvalue weighted by Gasteiger charge is 2.12. The molecule has 0 bridgehead atoms. The third-order valence-electron chi connectivity index (χ3n) is 1.96. The number of carbonyl (C=O) groups excluding carboxylic acids is 1. The van der Waals surface area contributed by atoms with Gasteiger partial charge >= 0.3 is 0 Å². The lowest BCUT2D eigenvalue weighted by Gasteiger charge is -1.97. The molecule has 0 radical (unpaired) electrons. The van der Waals surface area contributed by atoms with Crippen molar-refractivity contribution in [2.24, 2.45) is 0 Å². The van der Waals surface area contributed by atoms with Crippen LogP contribution in [0.15, 0.2) is 13.6 Å². The van der Waals surface area contributed by atoms with Crippen molar-refractivity contribution in [3.05, 3.63) is 19.2 Å². The van der Waals surface area contributed by atoms with Crippen molar-refractivity contribution in [3.63, 3.8) is 0 Å². The summed E-state index contributed by atoms with van der Waals surface area (Å²) in [4.78, 5) is 11.7. The largest absolute Gasteiger partial charge is 0.294 e. The first-order valence-corrected chi connectivity index (χ1v) is 7.03. The topological polar surface area (TPSA) is 17.1 Å². The first kappa shape index (κ1) is 12.4. The lowest BCUT2D eigenvalue weighted by molar-refractivity contribution is 0.0979. The fraction of sp³-hybridized carbons (Fsp3) is 0.500. The molecule has 78 valence electrons. The Hall–Kier alpha value is 0.330. The van der Waals surface area contributed by atoms with E-state index < -0.39 is 0 Å². The van der Waals surface area contributed by atoms with Crippen LogP contribution in [0.3, 0.4) is 0 Å². The third-order valence-corrected chi connectivity index (χ3v) is 4.30. The molecule has 0 spiro atoms. The van der Waals surface area contributed by atoms with Crippen molar-refractivity contribution < 1.29 is 4.79 Å². The maximum atomic E-state index is 11.7. The van der Waals surface area contributed by atoms with Gasteiger partial charge in [0.15, 0.2) is 5.78 Å². The number of carbonyl (C=O) groups is 1. The molecule has 0 fully saturated rings. The van der Waals surface area contributed by atoms with Crippen molar-refractivity contribution >= 4 is 49.0 Å². The summed E-state index contributed by atoms with van der Waals surface area (Å²) in [5.41, 5.74) is 0.818. The zero-order valence-corrected chi connectivity index (χ0v) is 12.0. The first-order valence-electron chi connectivity index (χ1n) is 4.63. The smallest absolute Gasteiger partial charge is 0.164 e. The summed E-state index contributed by atoms with van der Waals surface area (Å²) in [5, 5.41) is 0. The number of hydrogen-bond donors (Lipinski definition) is 0. The van der Waals surface area contributed by atoms with Gasteiger partial charge in [-0.05, 0) is 44.3 Å². The van der Waals surface area contributed by atoms with Crippen LogP contribution in [0.4, 0.5) is 0 Å². The summed E-state index contributed by atoms with van der Waals surface area (Å²) < 4.78 is 1.94. The molecular formula is C10H12Br2OS. The van der Waals surface area contributed by atoms with Crippen molar-refractivity contribution in [1.29, 1.82) is 0 Å². The second-order valence-corrected chi connectivity index (χ2v) is 6.87. The van der Waals surface area contributed by atoms with Crippen LogP contribution in [0.25, 0.3) is 0 Å². The molecule has 0 aromatic carbocycles. The SMILES string of the molecule is CCCCCC(=O)c1cc(Br)sc1Br. The molecule has 1 aromatic rings. The molecule has 1 nitrogen and oxygen atoms in total. The normalized spacial score (nSPS) is 10.5. The van der Waals surface area contributed by atoms with Crippen LogP contribution < -0.4 is 0 Å². The Kier molecular flexibility index (Phi) is 5.34. The second kappa shape index (κ2) is 6.03. The molecule has 0 N–H and O–H groups in total. The highest BCUT2D eigenvalue weighted by atomic mass is 79.9. The van der Waals surface area contributed by atoms with Gasteiger partial charge in [0.2, 0.25) is 0 Å². The van der Waals surface area contributed by atoms with Gasteiger partial charge in [0.25, 0.3) is 0 Å². The molecule has 0 saturated carbocycles. The minimum Gasteiger partial charge on any atom is -0.294 e. The quantitative estimate of drug-likeness (QED) is 0.542. The summed E-state index contributed by atoms with van der Waals surface area (Å²) in [5.74, 6) is 0.243. The highest BCUT2D eigenvalue weighted by Crippen LogP contribution is 2.32. The Bertz CT molecular complexity index is 320. The Morgan fingerprint density at radius 2 is 2.14 bits per heavy atom. The highest BCUT2D eigenvalue weighted by molar-refractivity contribution is 9.12. The Labute approximate surface area is 105 Å². The monoisotopic (exact) mass is 338 g/mol. The van der Waals surface area contributed by atoms with E-state index in [0.29, 0.717) is 6.42 Å². The van der Waals surface area contributed by atoms with Gasteiger partial charge < -0.3 is 0 Å². The molecule has 0 aliphatic rings. The third kappa shape index (κ3) is 3.48. The van der Waals surface area contributed by atoms with Crippen molar-refractivity contribution in [1.82, 2.24) is 0 Å². The summed E-state index contributed by atoms with van der Waals surface area (Å²) >= 11 is 8.31. The van der Waals surface area contributed by atoms with Crippen LogP contribution in [-0.2, 0) is 0 Å². The fourth-order valence-electron chi connectivity index (χ4n) is 1.20. The van der Waals surface area contributed by atoms with Gasteiger partial charge in [0.1, 0.15) is 0 Å². The van der Waals surface area contributed by atoms with E-state index in [1.165, 1.54) is 0 Å². The van der Waals surface area contributed by atoms with Gasteiger partial charge in [-0.1, -0.05) is 19.8 Å². The number of halogens is 2. The minimum absolute atomic E-state index is 0.243. The number of ketones is 1. The van der Waals surface area contributed by atoms with Crippen LogP contribution in [0, 0.1) is 0 Å². The maximum Gasteiger partial charge on any atom is 0.164 e. The molecular weight excluding hydrogens is 328 g/mol. The fourth-order valence-corrected chi connectivity index (χ4v) is 4.06. The van der Waals surface area contributed by atoms with E-state index in [2.05, 4.69) is 38.8 Å². The maximum absolute atomic E-state index is 11.7. The predicted molar refractivity (Wildman–Crippen MR) is 68.2 cm³/mol. The number of hydrogen-bond acceptors (Lipinski definition) is 2. The number of rotatable bonds is 5. The zero-order chi connectivity index (χ0) is 10.6. The van der Waals surface area contributed by atoms with E-state index in [1.54, 1.807) is 11.3 Å². The molecule has 0 aliphatic carbocycles. The summed E-state index contributed by atoms with van der Waals surface area (Å²) in [6.07, 6.45) is 3.95. The average molecular weight is 340 g/mol. The van der Waals surface area contributed by atoms with E-state index in [9.17, 15) is 4.79 Å². The van der Waals surface area contributed by atoms with E-state index in [4.69, 9.17) is 0 Å². The second-order valence-electron chi connectivity index (χ2n) is 3.12. The first-order chi connectivity index (χ1) is 6.65. The standard InChI is InChI=1S/C10H12Br2OS/c1-2-3-4-5-8(13)7-6-9(11)14-10(7)12/h6H,2-5H2,1H3.